The summed E-state index contributed by atoms with van der Waals surface area (Å²) < 4.78 is 5.36. The molecule has 3 N–H and O–H groups in total. The van der Waals surface area contributed by atoms with Gasteiger partial charge in [-0.3, -0.25) is 9.59 Å². The molecule has 1 amide bonds. The standard InChI is InChI=1S/C17H17NO6/c19-15(18-14(17(22)23)7-8-16(20)21)10-24-13-6-5-11-3-1-2-4-12(11)9-13/h1-6,9,14H,7-8,10H2,(H,18,19)(H,20,21)(H,22,23)/t14-/m1/s1. The molecule has 0 saturated heterocycles. The Kier molecular flexibility index (Phi) is 5.73. The second kappa shape index (κ2) is 7.96. The van der Waals surface area contributed by atoms with Gasteiger partial charge in [-0.2, -0.15) is 0 Å². The predicted octanol–water partition coefficient (Wildman–Crippen LogP) is 1.65. The summed E-state index contributed by atoms with van der Waals surface area (Å²) in [6.45, 7) is -0.352. The molecule has 0 saturated carbocycles. The van der Waals surface area contributed by atoms with Crippen LogP contribution in [0.1, 0.15) is 12.8 Å². The number of ether oxygens (including phenoxy) is 1. The summed E-state index contributed by atoms with van der Waals surface area (Å²) in [5.74, 6) is -2.54. The van der Waals surface area contributed by atoms with Gasteiger partial charge in [0, 0.05) is 6.42 Å². The molecule has 7 heteroatoms. The topological polar surface area (TPSA) is 113 Å². The Balaban J connectivity index is 1.90. The number of amides is 1. The molecule has 0 aliphatic carbocycles. The van der Waals surface area contributed by atoms with E-state index in [2.05, 4.69) is 5.32 Å². The van der Waals surface area contributed by atoms with Crippen molar-refractivity contribution in [1.82, 2.24) is 5.32 Å². The fourth-order valence-electron chi connectivity index (χ4n) is 2.17. The Labute approximate surface area is 137 Å². The van der Waals surface area contributed by atoms with Crippen molar-refractivity contribution >= 4 is 28.6 Å². The van der Waals surface area contributed by atoms with Crippen LogP contribution in [0.5, 0.6) is 5.75 Å². The maximum atomic E-state index is 11.8. The van der Waals surface area contributed by atoms with E-state index >= 15 is 0 Å². The van der Waals surface area contributed by atoms with Gasteiger partial charge in [-0.25, -0.2) is 4.79 Å². The van der Waals surface area contributed by atoms with E-state index in [0.29, 0.717) is 5.75 Å². The smallest absolute Gasteiger partial charge is 0.326 e. The van der Waals surface area contributed by atoms with Crippen molar-refractivity contribution in [3.8, 4) is 5.75 Å². The van der Waals surface area contributed by atoms with Crippen LogP contribution < -0.4 is 10.1 Å². The summed E-state index contributed by atoms with van der Waals surface area (Å²) in [5.41, 5.74) is 0. The van der Waals surface area contributed by atoms with Gasteiger partial charge in [-0.05, 0) is 29.3 Å². The summed E-state index contributed by atoms with van der Waals surface area (Å²) in [6.07, 6.45) is -0.533. The van der Waals surface area contributed by atoms with E-state index in [1.54, 1.807) is 12.1 Å². The monoisotopic (exact) mass is 331 g/mol. The number of carboxylic acid groups (broad SMARTS) is 2. The number of hydrogen-bond acceptors (Lipinski definition) is 4. The number of carbonyl (C=O) groups excluding carboxylic acids is 1. The third-order valence-corrected chi connectivity index (χ3v) is 3.37. The van der Waals surface area contributed by atoms with E-state index in [9.17, 15) is 14.4 Å². The Morgan fingerprint density at radius 1 is 1.04 bits per heavy atom. The van der Waals surface area contributed by atoms with Crippen molar-refractivity contribution in [2.24, 2.45) is 0 Å². The normalized spacial score (nSPS) is 11.7. The zero-order valence-corrected chi connectivity index (χ0v) is 12.8. The first kappa shape index (κ1) is 17.3. The Bertz CT molecular complexity index is 758. The van der Waals surface area contributed by atoms with Crippen LogP contribution in [0.15, 0.2) is 42.5 Å². The van der Waals surface area contributed by atoms with Crippen molar-refractivity contribution < 1.29 is 29.3 Å². The molecule has 0 fully saturated rings. The van der Waals surface area contributed by atoms with Gasteiger partial charge >= 0.3 is 11.9 Å². The van der Waals surface area contributed by atoms with Gasteiger partial charge in [0.2, 0.25) is 0 Å². The molecule has 0 radical (unpaired) electrons. The highest BCUT2D eigenvalue weighted by Crippen LogP contribution is 2.20. The van der Waals surface area contributed by atoms with Crippen molar-refractivity contribution in [2.75, 3.05) is 6.61 Å². The first-order chi connectivity index (χ1) is 11.5. The molecule has 0 spiro atoms. The number of hydrogen-bond donors (Lipinski definition) is 3. The van der Waals surface area contributed by atoms with Crippen LogP contribution in [0.2, 0.25) is 0 Å². The highest BCUT2D eigenvalue weighted by atomic mass is 16.5. The van der Waals surface area contributed by atoms with Gasteiger partial charge < -0.3 is 20.3 Å². The molecule has 7 nitrogen and oxygen atoms in total. The van der Waals surface area contributed by atoms with E-state index in [1.165, 1.54) is 0 Å². The molecular formula is C17H17NO6. The molecule has 0 unspecified atom stereocenters. The fraction of sp³-hybridized carbons (Fsp3) is 0.235. The van der Waals surface area contributed by atoms with E-state index in [0.717, 1.165) is 10.8 Å². The van der Waals surface area contributed by atoms with Gasteiger partial charge in [0.1, 0.15) is 11.8 Å². The summed E-state index contributed by atoms with van der Waals surface area (Å²) in [6, 6.07) is 11.8. The van der Waals surface area contributed by atoms with Crippen LogP contribution >= 0.6 is 0 Å². The molecule has 0 heterocycles. The summed E-state index contributed by atoms with van der Waals surface area (Å²) >= 11 is 0. The second-order valence-electron chi connectivity index (χ2n) is 5.19. The Hall–Kier alpha value is -3.09. The van der Waals surface area contributed by atoms with Crippen LogP contribution in [-0.4, -0.2) is 40.7 Å². The first-order valence-electron chi connectivity index (χ1n) is 7.31. The predicted molar refractivity (Wildman–Crippen MR) is 85.9 cm³/mol. The minimum absolute atomic E-state index is 0.188. The maximum Gasteiger partial charge on any atom is 0.326 e. The fourth-order valence-corrected chi connectivity index (χ4v) is 2.17. The number of rotatable bonds is 8. The molecule has 0 aromatic heterocycles. The molecule has 0 bridgehead atoms. The SMILES string of the molecule is O=C(O)CC[C@@H](NC(=O)COc1ccc2ccccc2c1)C(=O)O. The minimum atomic E-state index is -1.28. The summed E-state index contributed by atoms with van der Waals surface area (Å²) in [5, 5.41) is 21.8. The van der Waals surface area contributed by atoms with Crippen LogP contribution in [0.4, 0.5) is 0 Å². The van der Waals surface area contributed by atoms with E-state index < -0.39 is 23.9 Å². The van der Waals surface area contributed by atoms with Gasteiger partial charge in [-0.15, -0.1) is 0 Å². The number of nitrogens with one attached hydrogen (secondary N) is 1. The average molecular weight is 331 g/mol. The average Bonchev–Trinajstić information content (AvgIpc) is 2.56. The number of fused-ring (bicyclic) bond motifs is 1. The zero-order valence-electron chi connectivity index (χ0n) is 12.8. The number of benzene rings is 2. The van der Waals surface area contributed by atoms with Gasteiger partial charge in [-0.1, -0.05) is 30.3 Å². The summed E-state index contributed by atoms with van der Waals surface area (Å²) in [7, 11) is 0. The molecular weight excluding hydrogens is 314 g/mol. The highest BCUT2D eigenvalue weighted by Gasteiger charge is 2.21. The van der Waals surface area contributed by atoms with Gasteiger partial charge in [0.15, 0.2) is 6.61 Å². The second-order valence-corrected chi connectivity index (χ2v) is 5.19. The van der Waals surface area contributed by atoms with Gasteiger partial charge in [0.25, 0.3) is 5.91 Å². The van der Waals surface area contributed by atoms with Crippen LogP contribution in [0.3, 0.4) is 0 Å². The van der Waals surface area contributed by atoms with E-state index in [4.69, 9.17) is 14.9 Å². The highest BCUT2D eigenvalue weighted by molar-refractivity contribution is 5.85. The lowest BCUT2D eigenvalue weighted by Crippen LogP contribution is -2.43. The third-order valence-electron chi connectivity index (χ3n) is 3.37. The van der Waals surface area contributed by atoms with Crippen molar-refractivity contribution in [3.05, 3.63) is 42.5 Å². The number of carbonyl (C=O) groups is 3. The third kappa shape index (κ3) is 4.98. The lowest BCUT2D eigenvalue weighted by atomic mass is 10.1. The number of aliphatic carboxylic acids is 2. The van der Waals surface area contributed by atoms with E-state index in [1.807, 2.05) is 30.3 Å². The van der Waals surface area contributed by atoms with Crippen LogP contribution in [0, 0.1) is 0 Å². The van der Waals surface area contributed by atoms with Crippen LogP contribution in [-0.2, 0) is 14.4 Å². The lowest BCUT2D eigenvalue weighted by molar-refractivity contribution is -0.143. The van der Waals surface area contributed by atoms with Crippen LogP contribution in [0.25, 0.3) is 10.8 Å². The first-order valence-corrected chi connectivity index (χ1v) is 7.31. The molecule has 0 aliphatic heterocycles. The molecule has 0 aliphatic rings. The van der Waals surface area contributed by atoms with Crippen molar-refractivity contribution in [1.29, 1.82) is 0 Å². The molecule has 2 aromatic rings. The molecule has 2 rings (SSSR count). The number of carboxylic acids is 2. The van der Waals surface area contributed by atoms with Crippen molar-refractivity contribution in [2.45, 2.75) is 18.9 Å². The molecule has 24 heavy (non-hydrogen) atoms. The zero-order chi connectivity index (χ0) is 17.5. The maximum absolute atomic E-state index is 11.8. The molecule has 2 aromatic carbocycles. The molecule has 1 atom stereocenters. The quantitative estimate of drug-likeness (QED) is 0.678. The lowest BCUT2D eigenvalue weighted by Gasteiger charge is -2.14. The molecule has 126 valence electrons. The minimum Gasteiger partial charge on any atom is -0.484 e. The summed E-state index contributed by atoms with van der Waals surface area (Å²) in [4.78, 5) is 33.3. The largest absolute Gasteiger partial charge is 0.484 e. The van der Waals surface area contributed by atoms with E-state index in [-0.39, 0.29) is 19.4 Å². The Morgan fingerprint density at radius 3 is 2.42 bits per heavy atom. The van der Waals surface area contributed by atoms with Gasteiger partial charge in [0.05, 0.1) is 0 Å². The Morgan fingerprint density at radius 2 is 1.75 bits per heavy atom. The van der Waals surface area contributed by atoms with Crippen molar-refractivity contribution in [3.63, 3.8) is 0 Å².